The van der Waals surface area contributed by atoms with Crippen LogP contribution < -0.4 is 4.74 Å². The van der Waals surface area contributed by atoms with E-state index in [-0.39, 0.29) is 11.7 Å². The Morgan fingerprint density at radius 3 is 2.48 bits per heavy atom. The largest absolute Gasteiger partial charge is 0.492 e. The standard InChI is InChI=1S/C25H30ClNO2/c1-2-3-4-17-29-23-13-14-24(27-18-23)20-9-11-22(12-10-20)25(28)21-7-5-19(6-8-21)15-16-26/h9-16,18-19,21H,2-8,17H2,1H3/b16-15+. The number of hydrogen-bond acceptors (Lipinski definition) is 3. The number of pyridine rings is 1. The molecule has 0 saturated heterocycles. The van der Waals surface area contributed by atoms with Gasteiger partial charge < -0.3 is 4.74 Å². The van der Waals surface area contributed by atoms with E-state index >= 15 is 0 Å². The molecule has 1 aromatic heterocycles. The second kappa shape index (κ2) is 11.2. The Kier molecular flexibility index (Phi) is 8.30. The minimum Gasteiger partial charge on any atom is -0.492 e. The molecule has 1 fully saturated rings. The van der Waals surface area contributed by atoms with Crippen molar-refractivity contribution in [3.63, 3.8) is 0 Å². The van der Waals surface area contributed by atoms with Gasteiger partial charge in [-0.25, -0.2) is 0 Å². The van der Waals surface area contributed by atoms with E-state index in [9.17, 15) is 4.79 Å². The number of rotatable bonds is 9. The number of hydrogen-bond donors (Lipinski definition) is 0. The summed E-state index contributed by atoms with van der Waals surface area (Å²) in [4.78, 5) is 17.3. The number of halogens is 1. The highest BCUT2D eigenvalue weighted by Gasteiger charge is 2.25. The predicted octanol–water partition coefficient (Wildman–Crippen LogP) is 7.06. The number of unbranched alkanes of at least 4 members (excludes halogenated alkanes) is 2. The molecule has 1 aliphatic carbocycles. The van der Waals surface area contributed by atoms with Gasteiger partial charge in [-0.05, 0) is 50.2 Å². The first kappa shape index (κ1) is 21.6. The fourth-order valence-electron chi connectivity index (χ4n) is 3.90. The van der Waals surface area contributed by atoms with E-state index in [0.29, 0.717) is 5.92 Å². The van der Waals surface area contributed by atoms with Crippen LogP contribution in [0.4, 0.5) is 0 Å². The first-order valence-electron chi connectivity index (χ1n) is 10.7. The molecule has 1 heterocycles. The monoisotopic (exact) mass is 411 g/mol. The number of carbonyl (C=O) groups excluding carboxylic acids is 1. The van der Waals surface area contributed by atoms with Crippen LogP contribution in [0.3, 0.4) is 0 Å². The van der Waals surface area contributed by atoms with Gasteiger partial charge in [-0.1, -0.05) is 61.7 Å². The summed E-state index contributed by atoms with van der Waals surface area (Å²) in [5.41, 5.74) is 4.29. The molecule has 0 unspecified atom stereocenters. The highest BCUT2D eigenvalue weighted by Crippen LogP contribution is 2.32. The van der Waals surface area contributed by atoms with E-state index in [0.717, 1.165) is 61.3 Å². The number of nitrogens with zero attached hydrogens (tertiary/aromatic N) is 1. The van der Waals surface area contributed by atoms with Crippen LogP contribution in [-0.2, 0) is 0 Å². The maximum absolute atomic E-state index is 12.8. The maximum Gasteiger partial charge on any atom is 0.165 e. The van der Waals surface area contributed by atoms with Gasteiger partial charge in [0.2, 0.25) is 0 Å². The fourth-order valence-corrected chi connectivity index (χ4v) is 4.10. The normalized spacial score (nSPS) is 19.4. The van der Waals surface area contributed by atoms with Gasteiger partial charge in [-0.3, -0.25) is 9.78 Å². The van der Waals surface area contributed by atoms with E-state index in [4.69, 9.17) is 16.3 Å². The molecule has 154 valence electrons. The molecule has 0 atom stereocenters. The van der Waals surface area contributed by atoms with Gasteiger partial charge in [0.25, 0.3) is 0 Å². The average Bonchev–Trinajstić information content (AvgIpc) is 2.78. The van der Waals surface area contributed by atoms with Crippen LogP contribution in [0, 0.1) is 11.8 Å². The molecule has 0 spiro atoms. The minimum absolute atomic E-state index is 0.128. The lowest BCUT2D eigenvalue weighted by Crippen LogP contribution is -2.21. The van der Waals surface area contributed by atoms with Crippen molar-refractivity contribution in [2.45, 2.75) is 51.9 Å². The summed E-state index contributed by atoms with van der Waals surface area (Å²) >= 11 is 5.68. The van der Waals surface area contributed by atoms with E-state index in [1.54, 1.807) is 11.7 Å². The Labute approximate surface area is 179 Å². The van der Waals surface area contributed by atoms with Crippen molar-refractivity contribution in [3.8, 4) is 17.0 Å². The molecule has 2 aromatic rings. The van der Waals surface area contributed by atoms with Crippen molar-refractivity contribution < 1.29 is 9.53 Å². The number of carbonyl (C=O) groups is 1. The van der Waals surface area contributed by atoms with Crippen molar-refractivity contribution in [2.24, 2.45) is 11.8 Å². The summed E-state index contributed by atoms with van der Waals surface area (Å²) in [6.45, 7) is 2.91. The molecule has 0 aliphatic heterocycles. The first-order chi connectivity index (χ1) is 14.2. The molecule has 0 radical (unpaired) electrons. The van der Waals surface area contributed by atoms with E-state index in [1.807, 2.05) is 42.5 Å². The highest BCUT2D eigenvalue weighted by atomic mass is 35.5. The third kappa shape index (κ3) is 6.17. The molecule has 0 amide bonds. The fraction of sp³-hybridized carbons (Fsp3) is 0.440. The molecule has 4 heteroatoms. The SMILES string of the molecule is CCCCCOc1ccc(-c2ccc(C(=O)C3CCC(/C=C/Cl)CC3)cc2)nc1. The summed E-state index contributed by atoms with van der Waals surface area (Å²) in [5, 5.41) is 0. The molecular weight excluding hydrogens is 382 g/mol. The number of ketones is 1. The highest BCUT2D eigenvalue weighted by molar-refractivity contribution is 6.25. The smallest absolute Gasteiger partial charge is 0.165 e. The van der Waals surface area contributed by atoms with Crippen LogP contribution >= 0.6 is 11.6 Å². The molecule has 3 rings (SSSR count). The Morgan fingerprint density at radius 1 is 1.10 bits per heavy atom. The molecule has 0 bridgehead atoms. The maximum atomic E-state index is 12.8. The average molecular weight is 412 g/mol. The second-order valence-corrected chi connectivity index (χ2v) is 8.06. The van der Waals surface area contributed by atoms with Gasteiger partial charge in [0.15, 0.2) is 5.78 Å². The number of benzene rings is 1. The molecule has 1 aromatic carbocycles. The van der Waals surface area contributed by atoms with Crippen molar-refractivity contribution in [1.82, 2.24) is 4.98 Å². The quantitative estimate of drug-likeness (QED) is 0.327. The zero-order valence-corrected chi connectivity index (χ0v) is 17.9. The van der Waals surface area contributed by atoms with Gasteiger partial charge in [0.05, 0.1) is 18.5 Å². The van der Waals surface area contributed by atoms with Crippen LogP contribution in [0.5, 0.6) is 5.75 Å². The molecule has 3 nitrogen and oxygen atoms in total. The molecule has 1 aliphatic rings. The van der Waals surface area contributed by atoms with Crippen LogP contribution in [-0.4, -0.2) is 17.4 Å². The van der Waals surface area contributed by atoms with Gasteiger partial charge in [-0.2, -0.15) is 0 Å². The van der Waals surface area contributed by atoms with Gasteiger partial charge in [0, 0.05) is 22.6 Å². The molecular formula is C25H30ClNO2. The molecule has 1 saturated carbocycles. The van der Waals surface area contributed by atoms with Crippen molar-refractivity contribution in [3.05, 3.63) is 59.8 Å². The number of ether oxygens (including phenoxy) is 1. The summed E-state index contributed by atoms with van der Waals surface area (Å²) in [6.07, 6.45) is 11.2. The van der Waals surface area contributed by atoms with Crippen molar-refractivity contribution in [2.75, 3.05) is 6.61 Å². The third-order valence-corrected chi connectivity index (χ3v) is 5.85. The van der Waals surface area contributed by atoms with Gasteiger partial charge in [0.1, 0.15) is 5.75 Å². The van der Waals surface area contributed by atoms with E-state index in [1.165, 1.54) is 12.8 Å². The topological polar surface area (TPSA) is 39.2 Å². The van der Waals surface area contributed by atoms with Crippen molar-refractivity contribution in [1.29, 1.82) is 0 Å². The van der Waals surface area contributed by atoms with E-state index < -0.39 is 0 Å². The van der Waals surface area contributed by atoms with Crippen LogP contribution in [0.25, 0.3) is 11.3 Å². The first-order valence-corrected chi connectivity index (χ1v) is 11.1. The summed E-state index contributed by atoms with van der Waals surface area (Å²) < 4.78 is 5.72. The molecule has 0 N–H and O–H groups in total. The van der Waals surface area contributed by atoms with Crippen molar-refractivity contribution >= 4 is 17.4 Å². The lowest BCUT2D eigenvalue weighted by molar-refractivity contribution is 0.0880. The number of allylic oxidation sites excluding steroid dienone is 1. The van der Waals surface area contributed by atoms with Gasteiger partial charge in [-0.15, -0.1) is 0 Å². The third-order valence-electron chi connectivity index (χ3n) is 5.71. The summed E-state index contributed by atoms with van der Waals surface area (Å²) in [6, 6.07) is 11.8. The van der Waals surface area contributed by atoms with E-state index in [2.05, 4.69) is 11.9 Å². The Morgan fingerprint density at radius 2 is 1.86 bits per heavy atom. The Hall–Kier alpha value is -2.13. The summed E-state index contributed by atoms with van der Waals surface area (Å²) in [7, 11) is 0. The zero-order chi connectivity index (χ0) is 20.5. The molecule has 29 heavy (non-hydrogen) atoms. The van der Waals surface area contributed by atoms with Crippen LogP contribution in [0.15, 0.2) is 54.2 Å². The number of Topliss-reactive ketones (excluding diaryl/α,β-unsaturated/α-hetero) is 1. The van der Waals surface area contributed by atoms with Crippen LogP contribution in [0.1, 0.15) is 62.2 Å². The zero-order valence-electron chi connectivity index (χ0n) is 17.1. The predicted molar refractivity (Wildman–Crippen MR) is 119 cm³/mol. The van der Waals surface area contributed by atoms with Gasteiger partial charge >= 0.3 is 0 Å². The second-order valence-electron chi connectivity index (χ2n) is 7.81. The summed E-state index contributed by atoms with van der Waals surface area (Å²) in [5.74, 6) is 1.71. The number of aromatic nitrogens is 1. The Bertz CT molecular complexity index is 791. The Balaban J connectivity index is 1.56. The lowest BCUT2D eigenvalue weighted by atomic mass is 9.78. The lowest BCUT2D eigenvalue weighted by Gasteiger charge is -2.25. The minimum atomic E-state index is 0.128. The van der Waals surface area contributed by atoms with Crippen LogP contribution in [0.2, 0.25) is 0 Å².